The molecule has 2 aromatic rings. The first-order chi connectivity index (χ1) is 8.33. The van der Waals surface area contributed by atoms with Crippen molar-refractivity contribution in [2.24, 2.45) is 0 Å². The number of anilines is 1. The predicted molar refractivity (Wildman–Crippen MR) is 76.4 cm³/mol. The molecule has 3 heteroatoms. The molecule has 0 fully saturated rings. The smallest absolute Gasteiger partial charge is 0.0395 e. The first-order valence-corrected chi connectivity index (χ1v) is 7.06. The Hall–Kier alpha value is -1.22. The summed E-state index contributed by atoms with van der Waals surface area (Å²) >= 11 is 1.90. The topological polar surface area (TPSA) is 38.9 Å². The van der Waals surface area contributed by atoms with Gasteiger partial charge in [-0.05, 0) is 30.4 Å². The lowest BCUT2D eigenvalue weighted by Gasteiger charge is -2.07. The molecule has 1 heterocycles. The van der Waals surface area contributed by atoms with Crippen molar-refractivity contribution < 1.29 is 0 Å². The third-order valence-corrected chi connectivity index (χ3v) is 3.98. The van der Waals surface area contributed by atoms with Gasteiger partial charge < -0.3 is 5.73 Å². The number of thioether (sulfide) groups is 1. The molecule has 0 unspecified atom stereocenters. The Morgan fingerprint density at radius 2 is 2.06 bits per heavy atom. The summed E-state index contributed by atoms with van der Waals surface area (Å²) in [4.78, 5) is 5.48. The third-order valence-electron chi connectivity index (χ3n) is 2.82. The van der Waals surface area contributed by atoms with Gasteiger partial charge in [0, 0.05) is 33.7 Å². The molecule has 0 saturated heterocycles. The Bertz CT molecular complexity index is 497. The van der Waals surface area contributed by atoms with Crippen molar-refractivity contribution in [3.05, 3.63) is 30.6 Å². The fourth-order valence-electron chi connectivity index (χ4n) is 1.85. The van der Waals surface area contributed by atoms with E-state index in [2.05, 4.69) is 18.0 Å². The van der Waals surface area contributed by atoms with Crippen molar-refractivity contribution in [2.75, 3.05) is 11.5 Å². The van der Waals surface area contributed by atoms with Crippen molar-refractivity contribution in [2.45, 2.75) is 31.1 Å². The van der Waals surface area contributed by atoms with E-state index in [1.165, 1.54) is 35.3 Å². The van der Waals surface area contributed by atoms with Crippen LogP contribution in [0.3, 0.4) is 0 Å². The molecule has 0 spiro atoms. The van der Waals surface area contributed by atoms with E-state index in [1.807, 2.05) is 30.1 Å². The summed E-state index contributed by atoms with van der Waals surface area (Å²) in [7, 11) is 0. The number of rotatable bonds is 5. The minimum atomic E-state index is 0.834. The van der Waals surface area contributed by atoms with E-state index < -0.39 is 0 Å². The Morgan fingerprint density at radius 1 is 1.18 bits per heavy atom. The minimum Gasteiger partial charge on any atom is -0.398 e. The van der Waals surface area contributed by atoms with E-state index in [0.29, 0.717) is 0 Å². The van der Waals surface area contributed by atoms with Crippen molar-refractivity contribution in [1.29, 1.82) is 0 Å². The van der Waals surface area contributed by atoms with Crippen LogP contribution in [0.1, 0.15) is 26.2 Å². The average Bonchev–Trinajstić information content (AvgIpc) is 2.37. The second kappa shape index (κ2) is 5.92. The summed E-state index contributed by atoms with van der Waals surface area (Å²) in [6.07, 6.45) is 7.55. The van der Waals surface area contributed by atoms with Gasteiger partial charge in [-0.25, -0.2) is 0 Å². The maximum absolute atomic E-state index is 5.96. The SMILES string of the molecule is CCCCCSc1ccc(N)c2ccncc12. The van der Waals surface area contributed by atoms with Gasteiger partial charge in [-0.3, -0.25) is 4.98 Å². The van der Waals surface area contributed by atoms with Gasteiger partial charge in [0.2, 0.25) is 0 Å². The summed E-state index contributed by atoms with van der Waals surface area (Å²) in [6.45, 7) is 2.23. The summed E-state index contributed by atoms with van der Waals surface area (Å²) in [6, 6.07) is 6.08. The van der Waals surface area contributed by atoms with Gasteiger partial charge in [-0.2, -0.15) is 0 Å². The van der Waals surface area contributed by atoms with E-state index in [9.17, 15) is 0 Å². The van der Waals surface area contributed by atoms with Gasteiger partial charge >= 0.3 is 0 Å². The number of nitrogens with zero attached hydrogens (tertiary/aromatic N) is 1. The van der Waals surface area contributed by atoms with Crippen LogP contribution < -0.4 is 5.73 Å². The number of fused-ring (bicyclic) bond motifs is 1. The lowest BCUT2D eigenvalue weighted by atomic mass is 10.1. The van der Waals surface area contributed by atoms with E-state index in [1.54, 1.807) is 6.20 Å². The Morgan fingerprint density at radius 3 is 2.88 bits per heavy atom. The fraction of sp³-hybridized carbons (Fsp3) is 0.357. The normalized spacial score (nSPS) is 10.9. The molecule has 1 aromatic carbocycles. The lowest BCUT2D eigenvalue weighted by Crippen LogP contribution is -1.89. The van der Waals surface area contributed by atoms with Crippen LogP contribution in [-0.2, 0) is 0 Å². The maximum atomic E-state index is 5.96. The minimum absolute atomic E-state index is 0.834. The number of benzene rings is 1. The fourth-order valence-corrected chi connectivity index (χ4v) is 2.90. The highest BCUT2D eigenvalue weighted by Crippen LogP contribution is 2.31. The number of nitrogens with two attached hydrogens (primary N) is 1. The highest BCUT2D eigenvalue weighted by Gasteiger charge is 2.04. The maximum Gasteiger partial charge on any atom is 0.0395 e. The van der Waals surface area contributed by atoms with E-state index in [-0.39, 0.29) is 0 Å². The van der Waals surface area contributed by atoms with E-state index in [4.69, 9.17) is 5.73 Å². The standard InChI is InChI=1S/C14H18N2S/c1-2-3-4-9-17-14-6-5-13(15)11-7-8-16-10-12(11)14/h5-8,10H,2-4,9,15H2,1H3. The van der Waals surface area contributed by atoms with Gasteiger partial charge in [0.1, 0.15) is 0 Å². The number of hydrogen-bond donors (Lipinski definition) is 1. The molecule has 0 atom stereocenters. The second-order valence-electron chi connectivity index (χ2n) is 4.13. The largest absolute Gasteiger partial charge is 0.398 e. The first-order valence-electron chi connectivity index (χ1n) is 6.08. The number of unbranched alkanes of at least 4 members (excludes halogenated alkanes) is 2. The predicted octanol–water partition coefficient (Wildman–Crippen LogP) is 4.10. The summed E-state index contributed by atoms with van der Waals surface area (Å²) in [5.74, 6) is 1.17. The molecule has 0 aliphatic carbocycles. The zero-order valence-electron chi connectivity index (χ0n) is 10.1. The monoisotopic (exact) mass is 246 g/mol. The molecule has 0 radical (unpaired) electrons. The van der Waals surface area contributed by atoms with Gasteiger partial charge in [0.15, 0.2) is 0 Å². The molecule has 0 saturated carbocycles. The Kier molecular flexibility index (Phi) is 4.26. The number of nitrogen functional groups attached to an aromatic ring is 1. The van der Waals surface area contributed by atoms with Gasteiger partial charge in [0.05, 0.1) is 0 Å². The molecular weight excluding hydrogens is 228 g/mol. The van der Waals surface area contributed by atoms with Crippen LogP contribution in [-0.4, -0.2) is 10.7 Å². The summed E-state index contributed by atoms with van der Waals surface area (Å²) in [5.41, 5.74) is 6.80. The van der Waals surface area contributed by atoms with Crippen LogP contribution >= 0.6 is 11.8 Å². The molecular formula is C14H18N2S. The van der Waals surface area contributed by atoms with Gasteiger partial charge in [0.25, 0.3) is 0 Å². The Balaban J connectivity index is 2.20. The highest BCUT2D eigenvalue weighted by molar-refractivity contribution is 7.99. The van der Waals surface area contributed by atoms with Crippen molar-refractivity contribution >= 4 is 28.2 Å². The lowest BCUT2D eigenvalue weighted by molar-refractivity contribution is 0.778. The molecule has 2 nitrogen and oxygen atoms in total. The zero-order valence-corrected chi connectivity index (χ0v) is 11.0. The molecule has 0 aliphatic rings. The van der Waals surface area contributed by atoms with Crippen LogP contribution in [0.5, 0.6) is 0 Å². The zero-order chi connectivity index (χ0) is 12.1. The molecule has 1 aromatic heterocycles. The molecule has 90 valence electrons. The van der Waals surface area contributed by atoms with Crippen LogP contribution in [0, 0.1) is 0 Å². The number of pyridine rings is 1. The highest BCUT2D eigenvalue weighted by atomic mass is 32.2. The van der Waals surface area contributed by atoms with E-state index in [0.717, 1.165) is 11.1 Å². The van der Waals surface area contributed by atoms with Crippen LogP contribution in [0.25, 0.3) is 10.8 Å². The van der Waals surface area contributed by atoms with Crippen molar-refractivity contribution in [3.8, 4) is 0 Å². The molecule has 17 heavy (non-hydrogen) atoms. The van der Waals surface area contributed by atoms with Crippen LogP contribution in [0.4, 0.5) is 5.69 Å². The summed E-state index contributed by atoms with van der Waals surface area (Å²) < 4.78 is 0. The average molecular weight is 246 g/mol. The molecule has 2 N–H and O–H groups in total. The molecule has 0 amide bonds. The number of aromatic nitrogens is 1. The summed E-state index contributed by atoms with van der Waals surface area (Å²) in [5, 5.41) is 2.29. The van der Waals surface area contributed by atoms with Gasteiger partial charge in [-0.15, -0.1) is 11.8 Å². The van der Waals surface area contributed by atoms with Crippen molar-refractivity contribution in [3.63, 3.8) is 0 Å². The number of hydrogen-bond acceptors (Lipinski definition) is 3. The molecule has 0 aliphatic heterocycles. The van der Waals surface area contributed by atoms with Crippen molar-refractivity contribution in [1.82, 2.24) is 4.98 Å². The van der Waals surface area contributed by atoms with Gasteiger partial charge in [-0.1, -0.05) is 19.8 Å². The molecule has 0 bridgehead atoms. The third kappa shape index (κ3) is 2.91. The van der Waals surface area contributed by atoms with Crippen LogP contribution in [0.2, 0.25) is 0 Å². The van der Waals surface area contributed by atoms with E-state index >= 15 is 0 Å². The first kappa shape index (κ1) is 12.2. The van der Waals surface area contributed by atoms with Crippen LogP contribution in [0.15, 0.2) is 35.5 Å². The quantitative estimate of drug-likeness (QED) is 0.490. The molecule has 2 rings (SSSR count). The Labute approximate surface area is 107 Å². The second-order valence-corrected chi connectivity index (χ2v) is 5.27.